The van der Waals surface area contributed by atoms with Crippen molar-refractivity contribution in [2.75, 3.05) is 65.4 Å². The lowest BCUT2D eigenvalue weighted by Crippen LogP contribution is -2.49. The maximum Gasteiger partial charge on any atom is 0.0240 e. The molecule has 0 aliphatic carbocycles. The fourth-order valence-corrected chi connectivity index (χ4v) is 7.28. The number of nitrogens with two attached hydrogens (primary N) is 1. The molecule has 0 radical (unpaired) electrons. The minimum Gasteiger partial charge on any atom is -0.326 e. The molecule has 244 valence electrons. The van der Waals surface area contributed by atoms with Gasteiger partial charge in [-0.1, -0.05) is 34.6 Å². The van der Waals surface area contributed by atoms with Crippen molar-refractivity contribution in [3.63, 3.8) is 0 Å². The predicted octanol–water partition coefficient (Wildman–Crippen LogP) is 5.62. The summed E-state index contributed by atoms with van der Waals surface area (Å²) in [4.78, 5) is 13.0. The maximum atomic E-state index is 6.46. The van der Waals surface area contributed by atoms with Crippen LogP contribution in [0.2, 0.25) is 0 Å². The topological polar surface area (TPSA) is 42.2 Å². The molecular weight excluding hydrogens is 516 g/mol. The summed E-state index contributed by atoms with van der Waals surface area (Å²) in [5.41, 5.74) is 15.9. The number of rotatable bonds is 13. The second kappa shape index (κ2) is 18.7. The van der Waals surface area contributed by atoms with Crippen LogP contribution in [0.4, 0.5) is 0 Å². The van der Waals surface area contributed by atoms with E-state index >= 15 is 0 Å². The van der Waals surface area contributed by atoms with E-state index in [0.29, 0.717) is 24.7 Å². The number of piperazine rings is 2. The highest BCUT2D eigenvalue weighted by atomic mass is 15.3. The van der Waals surface area contributed by atoms with Gasteiger partial charge in [0.25, 0.3) is 0 Å². The summed E-state index contributed by atoms with van der Waals surface area (Å²) >= 11 is 0. The van der Waals surface area contributed by atoms with Gasteiger partial charge in [-0.15, -0.1) is 0 Å². The smallest absolute Gasteiger partial charge is 0.0240 e. The van der Waals surface area contributed by atoms with E-state index in [0.717, 1.165) is 32.4 Å². The van der Waals surface area contributed by atoms with Gasteiger partial charge < -0.3 is 10.6 Å². The molecule has 2 aliphatic rings. The van der Waals surface area contributed by atoms with Crippen molar-refractivity contribution in [2.45, 2.75) is 133 Å². The van der Waals surface area contributed by atoms with Crippen LogP contribution < -0.4 is 5.73 Å². The zero-order chi connectivity index (χ0) is 31.4. The molecule has 2 N–H and O–H groups in total. The molecule has 0 aromatic heterocycles. The van der Waals surface area contributed by atoms with Gasteiger partial charge >= 0.3 is 0 Å². The number of hydrogen-bond acceptors (Lipinski definition) is 6. The summed E-state index contributed by atoms with van der Waals surface area (Å²) < 4.78 is 0. The Kier molecular flexibility index (Phi) is 16.6. The van der Waals surface area contributed by atoms with Gasteiger partial charge in [0.2, 0.25) is 0 Å². The van der Waals surface area contributed by atoms with Gasteiger partial charge in [0.15, 0.2) is 0 Å². The third-order valence-electron chi connectivity index (χ3n) is 10.0. The van der Waals surface area contributed by atoms with E-state index in [2.05, 4.69) is 101 Å². The van der Waals surface area contributed by atoms with Crippen LogP contribution in [-0.2, 0) is 38.9 Å². The molecule has 0 saturated carbocycles. The van der Waals surface area contributed by atoms with Gasteiger partial charge in [-0.05, 0) is 107 Å². The first kappa shape index (κ1) is 37.2. The zero-order valence-electron chi connectivity index (χ0n) is 29.9. The molecule has 2 heterocycles. The molecule has 1 aromatic rings. The van der Waals surface area contributed by atoms with Crippen molar-refractivity contribution in [1.29, 1.82) is 0 Å². The molecule has 42 heavy (non-hydrogen) atoms. The Bertz CT molecular complexity index is 832. The minimum absolute atomic E-state index is 0.648. The van der Waals surface area contributed by atoms with E-state index in [4.69, 9.17) is 5.73 Å². The van der Waals surface area contributed by atoms with Crippen molar-refractivity contribution in [3.05, 3.63) is 33.4 Å². The van der Waals surface area contributed by atoms with Crippen molar-refractivity contribution < 1.29 is 0 Å². The fourth-order valence-electron chi connectivity index (χ4n) is 7.28. The van der Waals surface area contributed by atoms with Gasteiger partial charge in [-0.3, -0.25) is 19.6 Å². The van der Waals surface area contributed by atoms with Crippen LogP contribution in [0.1, 0.15) is 110 Å². The molecule has 1 aromatic carbocycles. The highest BCUT2D eigenvalue weighted by Crippen LogP contribution is 2.33. The lowest BCUT2D eigenvalue weighted by Gasteiger charge is -2.39. The lowest BCUT2D eigenvalue weighted by atomic mass is 9.82. The van der Waals surface area contributed by atoms with Crippen molar-refractivity contribution in [2.24, 2.45) is 5.73 Å². The van der Waals surface area contributed by atoms with Crippen LogP contribution in [0.25, 0.3) is 0 Å². The van der Waals surface area contributed by atoms with Gasteiger partial charge in [0.1, 0.15) is 0 Å². The van der Waals surface area contributed by atoms with Crippen LogP contribution in [0, 0.1) is 0 Å². The lowest BCUT2D eigenvalue weighted by molar-refractivity contribution is 0.102. The van der Waals surface area contributed by atoms with Crippen molar-refractivity contribution in [3.8, 4) is 0 Å². The van der Waals surface area contributed by atoms with E-state index < -0.39 is 0 Å². The Morgan fingerprint density at radius 2 is 0.857 bits per heavy atom. The molecule has 0 amide bonds. The van der Waals surface area contributed by atoms with Crippen LogP contribution in [-0.4, -0.2) is 108 Å². The van der Waals surface area contributed by atoms with E-state index in [9.17, 15) is 0 Å². The van der Waals surface area contributed by atoms with E-state index in [1.54, 1.807) is 27.8 Å². The van der Waals surface area contributed by atoms with Gasteiger partial charge in [-0.2, -0.15) is 0 Å². The first-order valence-electron chi connectivity index (χ1n) is 17.6. The SMILES string of the molecule is CCN(CC)C(C)C.CCc1c(CN)c(CC)c(CN2CCN(C(C)C)CC2)c(CC)c1CN1CCN(C(C)C)CC1. The van der Waals surface area contributed by atoms with E-state index in [1.807, 2.05) is 0 Å². The van der Waals surface area contributed by atoms with Crippen LogP contribution >= 0.6 is 0 Å². The molecule has 0 bridgehead atoms. The zero-order valence-corrected chi connectivity index (χ0v) is 29.9. The Balaban J connectivity index is 0.000000675. The highest BCUT2D eigenvalue weighted by molar-refractivity contribution is 5.52. The molecule has 2 aliphatic heterocycles. The largest absolute Gasteiger partial charge is 0.326 e. The minimum atomic E-state index is 0.648. The van der Waals surface area contributed by atoms with Gasteiger partial charge in [-0.25, -0.2) is 0 Å². The molecule has 3 rings (SSSR count). The normalized spacial score (nSPS) is 18.0. The molecular formula is C36H70N6. The molecule has 2 saturated heterocycles. The summed E-state index contributed by atoms with van der Waals surface area (Å²) in [7, 11) is 0. The average molecular weight is 587 g/mol. The summed E-state index contributed by atoms with van der Waals surface area (Å²) in [6, 6.07) is 2.01. The quantitative estimate of drug-likeness (QED) is 0.324. The first-order valence-corrected chi connectivity index (χ1v) is 17.6. The number of benzene rings is 1. The summed E-state index contributed by atoms with van der Waals surface area (Å²) in [6.07, 6.45) is 3.29. The third kappa shape index (κ3) is 10.0. The Labute approximate surface area is 262 Å². The Morgan fingerprint density at radius 3 is 1.07 bits per heavy atom. The van der Waals surface area contributed by atoms with Crippen LogP contribution in [0.3, 0.4) is 0 Å². The fraction of sp³-hybridized carbons (Fsp3) is 0.833. The van der Waals surface area contributed by atoms with Crippen LogP contribution in [0.5, 0.6) is 0 Å². The molecule has 6 nitrogen and oxygen atoms in total. The molecule has 6 heteroatoms. The molecule has 0 spiro atoms. The average Bonchev–Trinajstić information content (AvgIpc) is 2.98. The standard InChI is InChI=1S/C29H53N5.C7H17N/c1-8-24-27(19-30)25(9-2)29(21-32-13-17-34(18-14-32)23(6)7)26(10-3)28(24)20-31-11-15-33(16-12-31)22(4)5;1-5-8(6-2)7(3)4/h22-23H,8-21,30H2,1-7H3;7H,5-6H2,1-4H3. The molecule has 2 fully saturated rings. The number of nitrogens with zero attached hydrogens (tertiary/aromatic N) is 5. The summed E-state index contributed by atoms with van der Waals surface area (Å²) in [5.74, 6) is 0. The summed E-state index contributed by atoms with van der Waals surface area (Å²) in [5, 5.41) is 0. The van der Waals surface area contributed by atoms with E-state index in [-0.39, 0.29) is 0 Å². The monoisotopic (exact) mass is 587 g/mol. The third-order valence-corrected chi connectivity index (χ3v) is 10.0. The predicted molar refractivity (Wildman–Crippen MR) is 184 cm³/mol. The first-order chi connectivity index (χ1) is 20.1. The van der Waals surface area contributed by atoms with Gasteiger partial charge in [0.05, 0.1) is 0 Å². The number of hydrogen-bond donors (Lipinski definition) is 1. The second-order valence-electron chi connectivity index (χ2n) is 13.3. The molecule has 0 atom stereocenters. The van der Waals surface area contributed by atoms with Crippen LogP contribution in [0.15, 0.2) is 0 Å². The Morgan fingerprint density at radius 1 is 0.524 bits per heavy atom. The van der Waals surface area contributed by atoms with Crippen molar-refractivity contribution >= 4 is 0 Å². The van der Waals surface area contributed by atoms with Gasteiger partial charge in [0, 0.05) is 90.1 Å². The molecule has 0 unspecified atom stereocenters. The maximum absolute atomic E-state index is 6.46. The highest BCUT2D eigenvalue weighted by Gasteiger charge is 2.26. The van der Waals surface area contributed by atoms with Crippen molar-refractivity contribution in [1.82, 2.24) is 24.5 Å². The van der Waals surface area contributed by atoms with E-state index in [1.165, 1.54) is 71.0 Å². The second-order valence-corrected chi connectivity index (χ2v) is 13.3. The Hall–Kier alpha value is -1.02. The summed E-state index contributed by atoms with van der Waals surface area (Å²) in [6.45, 7) is 39.8.